The van der Waals surface area contributed by atoms with Crippen molar-refractivity contribution in [3.05, 3.63) is 29.8 Å². The first-order chi connectivity index (χ1) is 10.1. The second-order valence-electron chi connectivity index (χ2n) is 5.47. The number of fused-ring (bicyclic) bond motifs is 1. The molecule has 0 spiro atoms. The number of aliphatic carboxylic acids is 1. The van der Waals surface area contributed by atoms with Gasteiger partial charge in [0.25, 0.3) is 0 Å². The Balaban J connectivity index is 2.14. The van der Waals surface area contributed by atoms with Gasteiger partial charge in [0.1, 0.15) is 5.92 Å². The molecule has 1 unspecified atom stereocenters. The van der Waals surface area contributed by atoms with Crippen LogP contribution in [0.3, 0.4) is 0 Å². The molecule has 2 amide bonds. The molecular formula is C16H22N2O3. The summed E-state index contributed by atoms with van der Waals surface area (Å²) in [5.74, 6) is -1.51. The van der Waals surface area contributed by atoms with Crippen LogP contribution in [0.4, 0.5) is 10.5 Å². The van der Waals surface area contributed by atoms with Crippen molar-refractivity contribution in [2.24, 2.45) is 0 Å². The summed E-state index contributed by atoms with van der Waals surface area (Å²) in [6.07, 6.45) is 3.16. The van der Waals surface area contributed by atoms with Crippen molar-refractivity contribution >= 4 is 17.7 Å². The molecule has 0 fully saturated rings. The van der Waals surface area contributed by atoms with E-state index in [4.69, 9.17) is 0 Å². The quantitative estimate of drug-likeness (QED) is 0.848. The summed E-state index contributed by atoms with van der Waals surface area (Å²) < 4.78 is 0. The maximum Gasteiger partial charge on any atom is 0.324 e. The molecule has 1 N–H and O–H groups in total. The van der Waals surface area contributed by atoms with E-state index in [0.29, 0.717) is 6.54 Å². The Labute approximate surface area is 125 Å². The fourth-order valence-corrected chi connectivity index (χ4v) is 2.70. The van der Waals surface area contributed by atoms with Gasteiger partial charge in [-0.2, -0.15) is 0 Å². The molecule has 0 aliphatic carbocycles. The van der Waals surface area contributed by atoms with E-state index in [9.17, 15) is 14.7 Å². The number of hydrogen-bond acceptors (Lipinski definition) is 2. The summed E-state index contributed by atoms with van der Waals surface area (Å²) in [6, 6.07) is 7.13. The molecule has 1 heterocycles. The number of carboxylic acid groups (broad SMARTS) is 1. The minimum atomic E-state index is -0.883. The molecule has 0 radical (unpaired) electrons. The van der Waals surface area contributed by atoms with Crippen LogP contribution in [0, 0.1) is 0 Å². The largest absolute Gasteiger partial charge is 0.481 e. The lowest BCUT2D eigenvalue weighted by atomic mass is 10.0. The molecule has 2 rings (SSSR count). The third kappa shape index (κ3) is 3.17. The number of urea groups is 1. The van der Waals surface area contributed by atoms with Crippen molar-refractivity contribution in [1.29, 1.82) is 0 Å². The van der Waals surface area contributed by atoms with Crippen molar-refractivity contribution in [3.8, 4) is 0 Å². The Kier molecular flexibility index (Phi) is 4.83. The van der Waals surface area contributed by atoms with E-state index in [0.717, 1.165) is 30.5 Å². The van der Waals surface area contributed by atoms with Gasteiger partial charge in [0.05, 0.1) is 0 Å². The summed E-state index contributed by atoms with van der Waals surface area (Å²) in [7, 11) is 1.77. The summed E-state index contributed by atoms with van der Waals surface area (Å²) in [4.78, 5) is 27.2. The maximum absolute atomic E-state index is 12.5. The highest BCUT2D eigenvalue weighted by molar-refractivity contribution is 5.97. The molecule has 1 atom stereocenters. The predicted molar refractivity (Wildman–Crippen MR) is 81.7 cm³/mol. The van der Waals surface area contributed by atoms with Gasteiger partial charge in [0.2, 0.25) is 0 Å². The van der Waals surface area contributed by atoms with Crippen LogP contribution in [0.25, 0.3) is 0 Å². The maximum atomic E-state index is 12.5. The minimum Gasteiger partial charge on any atom is -0.481 e. The molecule has 0 saturated heterocycles. The fourth-order valence-electron chi connectivity index (χ4n) is 2.70. The zero-order chi connectivity index (χ0) is 15.4. The van der Waals surface area contributed by atoms with Crippen molar-refractivity contribution in [1.82, 2.24) is 4.90 Å². The van der Waals surface area contributed by atoms with E-state index in [-0.39, 0.29) is 12.6 Å². The normalized spacial score (nSPS) is 16.7. The Morgan fingerprint density at radius 3 is 2.71 bits per heavy atom. The lowest BCUT2D eigenvalue weighted by Crippen LogP contribution is -2.41. The molecule has 5 heteroatoms. The second-order valence-corrected chi connectivity index (χ2v) is 5.47. The van der Waals surface area contributed by atoms with Crippen LogP contribution in [0.5, 0.6) is 0 Å². The smallest absolute Gasteiger partial charge is 0.324 e. The highest BCUT2D eigenvalue weighted by Crippen LogP contribution is 2.36. The Morgan fingerprint density at radius 2 is 2.05 bits per heavy atom. The monoisotopic (exact) mass is 290 g/mol. The Morgan fingerprint density at radius 1 is 1.33 bits per heavy atom. The van der Waals surface area contributed by atoms with E-state index in [1.165, 1.54) is 0 Å². The number of nitrogens with zero attached hydrogens (tertiary/aromatic N) is 2. The summed E-state index contributed by atoms with van der Waals surface area (Å²) in [5.41, 5.74) is 1.44. The molecule has 0 bridgehead atoms. The molecule has 1 aromatic rings. The van der Waals surface area contributed by atoms with Crippen LogP contribution >= 0.6 is 0 Å². The highest BCUT2D eigenvalue weighted by atomic mass is 16.4. The van der Waals surface area contributed by atoms with E-state index in [2.05, 4.69) is 6.92 Å². The van der Waals surface area contributed by atoms with Gasteiger partial charge in [-0.05, 0) is 18.1 Å². The summed E-state index contributed by atoms with van der Waals surface area (Å²) in [6.45, 7) is 3.03. The van der Waals surface area contributed by atoms with Crippen molar-refractivity contribution < 1.29 is 14.7 Å². The lowest BCUT2D eigenvalue weighted by Gasteiger charge is -2.25. The number of amides is 2. The number of carbonyl (C=O) groups excluding carboxylic acids is 1. The van der Waals surface area contributed by atoms with E-state index >= 15 is 0 Å². The van der Waals surface area contributed by atoms with Gasteiger partial charge in [-0.25, -0.2) is 4.79 Å². The molecule has 1 aliphatic heterocycles. The van der Waals surface area contributed by atoms with Gasteiger partial charge < -0.3 is 10.0 Å². The number of carboxylic acids is 1. The molecule has 0 aromatic heterocycles. The van der Waals surface area contributed by atoms with Crippen LogP contribution < -0.4 is 4.90 Å². The first-order valence-electron chi connectivity index (χ1n) is 7.40. The van der Waals surface area contributed by atoms with Gasteiger partial charge in [-0.1, -0.05) is 38.0 Å². The number of benzene rings is 1. The molecule has 21 heavy (non-hydrogen) atoms. The van der Waals surface area contributed by atoms with E-state index in [1.54, 1.807) is 22.9 Å². The number of anilines is 1. The topological polar surface area (TPSA) is 60.9 Å². The SMILES string of the molecule is CCCCCN(C)C(=O)N1CC(C(=O)O)c2ccccc21. The average Bonchev–Trinajstić information content (AvgIpc) is 2.86. The molecule has 5 nitrogen and oxygen atoms in total. The molecule has 0 saturated carbocycles. The Bertz CT molecular complexity index is 530. The van der Waals surface area contributed by atoms with E-state index < -0.39 is 11.9 Å². The minimum absolute atomic E-state index is 0.123. The van der Waals surface area contributed by atoms with Crippen LogP contribution in [-0.2, 0) is 4.79 Å². The fraction of sp³-hybridized carbons (Fsp3) is 0.500. The highest BCUT2D eigenvalue weighted by Gasteiger charge is 2.37. The summed E-state index contributed by atoms with van der Waals surface area (Å²) in [5, 5.41) is 9.32. The number of carbonyl (C=O) groups is 2. The number of para-hydroxylation sites is 1. The van der Waals surface area contributed by atoms with Crippen molar-refractivity contribution in [2.75, 3.05) is 25.0 Å². The first-order valence-corrected chi connectivity index (χ1v) is 7.40. The predicted octanol–water partition coefficient (Wildman–Crippen LogP) is 2.92. The van der Waals surface area contributed by atoms with Crippen LogP contribution in [0.15, 0.2) is 24.3 Å². The van der Waals surface area contributed by atoms with Gasteiger partial charge in [0.15, 0.2) is 0 Å². The molecular weight excluding hydrogens is 268 g/mol. The molecule has 1 aliphatic rings. The molecule has 114 valence electrons. The van der Waals surface area contributed by atoms with Gasteiger partial charge in [-0.15, -0.1) is 0 Å². The number of unbranched alkanes of at least 4 members (excludes halogenated alkanes) is 2. The van der Waals surface area contributed by atoms with Crippen LogP contribution in [-0.4, -0.2) is 42.1 Å². The van der Waals surface area contributed by atoms with Crippen LogP contribution in [0.2, 0.25) is 0 Å². The first kappa shape index (κ1) is 15.4. The zero-order valence-electron chi connectivity index (χ0n) is 12.6. The van der Waals surface area contributed by atoms with Crippen molar-refractivity contribution in [3.63, 3.8) is 0 Å². The third-order valence-electron chi connectivity index (χ3n) is 3.92. The van der Waals surface area contributed by atoms with Gasteiger partial charge in [0, 0.05) is 25.8 Å². The zero-order valence-corrected chi connectivity index (χ0v) is 12.6. The number of rotatable bonds is 5. The van der Waals surface area contributed by atoms with Crippen molar-refractivity contribution in [2.45, 2.75) is 32.1 Å². The van der Waals surface area contributed by atoms with Gasteiger partial charge >= 0.3 is 12.0 Å². The number of hydrogen-bond donors (Lipinski definition) is 1. The van der Waals surface area contributed by atoms with Crippen LogP contribution in [0.1, 0.15) is 37.7 Å². The van der Waals surface area contributed by atoms with E-state index in [1.807, 2.05) is 18.2 Å². The standard InChI is InChI=1S/C16H22N2O3/c1-3-4-7-10-17(2)16(21)18-11-13(15(19)20)12-8-5-6-9-14(12)18/h5-6,8-9,13H,3-4,7,10-11H2,1-2H3,(H,19,20). The second kappa shape index (κ2) is 6.61. The Hall–Kier alpha value is -2.04. The average molecular weight is 290 g/mol. The summed E-state index contributed by atoms with van der Waals surface area (Å²) >= 11 is 0. The molecule has 1 aromatic carbocycles. The van der Waals surface area contributed by atoms with Gasteiger partial charge in [-0.3, -0.25) is 9.69 Å². The lowest BCUT2D eigenvalue weighted by molar-refractivity contribution is -0.138. The third-order valence-corrected chi connectivity index (χ3v) is 3.92.